The molecule has 0 aliphatic carbocycles. The summed E-state index contributed by atoms with van der Waals surface area (Å²) < 4.78 is 13.0. The van der Waals surface area contributed by atoms with Crippen LogP contribution in [0.1, 0.15) is 43.8 Å². The average Bonchev–Trinajstić information content (AvgIpc) is 2.92. The number of hydrogen-bond donors (Lipinski definition) is 1. The Morgan fingerprint density at radius 3 is 2.78 bits per heavy atom. The first-order chi connectivity index (χ1) is 13.3. The second-order valence-electron chi connectivity index (χ2n) is 6.72. The summed E-state index contributed by atoms with van der Waals surface area (Å²) in [5, 5.41) is 11.5. The lowest BCUT2D eigenvalue weighted by Gasteiger charge is -2.09. The van der Waals surface area contributed by atoms with E-state index in [9.17, 15) is 4.79 Å². The van der Waals surface area contributed by atoms with Crippen molar-refractivity contribution < 1.29 is 14.3 Å². The molecule has 2 heterocycles. The Morgan fingerprint density at radius 1 is 1.15 bits per heavy atom. The molecule has 7 heteroatoms. The molecule has 1 aromatic carbocycles. The first-order valence-electron chi connectivity index (χ1n) is 9.71. The number of hydrogen-bond acceptors (Lipinski definition) is 5. The van der Waals surface area contributed by atoms with Gasteiger partial charge in [-0.1, -0.05) is 6.42 Å². The normalized spacial score (nSPS) is 13.5. The van der Waals surface area contributed by atoms with Crippen LogP contribution in [-0.2, 0) is 24.2 Å². The molecule has 146 valence electrons. The minimum absolute atomic E-state index is 0.0453. The Kier molecular flexibility index (Phi) is 7.07. The SMILES string of the molecule is COc1ccc(OCCCC(=O)NCCc2nnc3n2CCCCC3)cc1. The van der Waals surface area contributed by atoms with E-state index in [2.05, 4.69) is 20.1 Å². The fraction of sp³-hybridized carbons (Fsp3) is 0.550. The van der Waals surface area contributed by atoms with Crippen LogP contribution in [0.4, 0.5) is 0 Å². The minimum Gasteiger partial charge on any atom is -0.497 e. The largest absolute Gasteiger partial charge is 0.497 e. The van der Waals surface area contributed by atoms with Gasteiger partial charge < -0.3 is 19.4 Å². The number of carbonyl (C=O) groups is 1. The van der Waals surface area contributed by atoms with E-state index >= 15 is 0 Å². The Balaban J connectivity index is 1.31. The molecule has 1 aliphatic heterocycles. The molecule has 7 nitrogen and oxygen atoms in total. The summed E-state index contributed by atoms with van der Waals surface area (Å²) in [6, 6.07) is 7.43. The molecule has 3 rings (SSSR count). The number of aromatic nitrogens is 3. The van der Waals surface area contributed by atoms with Gasteiger partial charge in [0.1, 0.15) is 23.1 Å². The number of rotatable bonds is 9. The van der Waals surface area contributed by atoms with Crippen molar-refractivity contribution in [3.8, 4) is 11.5 Å². The van der Waals surface area contributed by atoms with Crippen molar-refractivity contribution in [2.75, 3.05) is 20.3 Å². The van der Waals surface area contributed by atoms with Gasteiger partial charge in [0.05, 0.1) is 13.7 Å². The Morgan fingerprint density at radius 2 is 1.96 bits per heavy atom. The molecule has 0 spiro atoms. The molecule has 0 bridgehead atoms. The molecule has 2 aromatic rings. The monoisotopic (exact) mass is 372 g/mol. The molecular formula is C20H28N4O3. The maximum Gasteiger partial charge on any atom is 0.220 e. The number of methoxy groups -OCH3 is 1. The van der Waals surface area contributed by atoms with Gasteiger partial charge in [0.15, 0.2) is 0 Å². The molecule has 0 saturated heterocycles. The first kappa shape index (κ1) is 19.2. The van der Waals surface area contributed by atoms with Gasteiger partial charge in [-0.3, -0.25) is 4.79 Å². The van der Waals surface area contributed by atoms with Crippen LogP contribution in [-0.4, -0.2) is 40.9 Å². The van der Waals surface area contributed by atoms with E-state index in [0.29, 0.717) is 26.0 Å². The van der Waals surface area contributed by atoms with Crippen molar-refractivity contribution in [3.63, 3.8) is 0 Å². The zero-order chi connectivity index (χ0) is 18.9. The summed E-state index contributed by atoms with van der Waals surface area (Å²) in [7, 11) is 1.63. The number of nitrogens with one attached hydrogen (secondary N) is 1. The number of nitrogens with zero attached hydrogens (tertiary/aromatic N) is 3. The van der Waals surface area contributed by atoms with Crippen molar-refractivity contribution in [2.45, 2.75) is 51.5 Å². The van der Waals surface area contributed by atoms with Gasteiger partial charge in [-0.2, -0.15) is 0 Å². The maximum absolute atomic E-state index is 12.0. The highest BCUT2D eigenvalue weighted by molar-refractivity contribution is 5.75. The molecule has 0 atom stereocenters. The van der Waals surface area contributed by atoms with Crippen LogP contribution in [0.15, 0.2) is 24.3 Å². The van der Waals surface area contributed by atoms with Crippen LogP contribution in [0.3, 0.4) is 0 Å². The second kappa shape index (κ2) is 9.94. The molecule has 0 unspecified atom stereocenters. The van der Waals surface area contributed by atoms with E-state index in [4.69, 9.17) is 9.47 Å². The minimum atomic E-state index is 0.0453. The van der Waals surface area contributed by atoms with Gasteiger partial charge in [-0.05, 0) is 43.5 Å². The van der Waals surface area contributed by atoms with Crippen molar-refractivity contribution in [1.82, 2.24) is 20.1 Å². The van der Waals surface area contributed by atoms with Gasteiger partial charge in [0.2, 0.25) is 5.91 Å². The molecule has 27 heavy (non-hydrogen) atoms. The zero-order valence-corrected chi connectivity index (χ0v) is 15.9. The van der Waals surface area contributed by atoms with Gasteiger partial charge in [0.25, 0.3) is 0 Å². The lowest BCUT2D eigenvalue weighted by atomic mass is 10.2. The summed E-state index contributed by atoms with van der Waals surface area (Å²) in [6.45, 7) is 2.10. The standard InChI is InChI=1S/C20H28N4O3/c1-26-16-8-10-17(11-9-16)27-15-5-7-20(25)21-13-12-19-23-22-18-6-3-2-4-14-24(18)19/h8-11H,2-7,12-15H2,1H3,(H,21,25). The van der Waals surface area contributed by atoms with E-state index in [1.165, 1.54) is 19.3 Å². The summed E-state index contributed by atoms with van der Waals surface area (Å²) in [6.07, 6.45) is 6.48. The van der Waals surface area contributed by atoms with Gasteiger partial charge in [0, 0.05) is 32.4 Å². The lowest BCUT2D eigenvalue weighted by molar-refractivity contribution is -0.121. The van der Waals surface area contributed by atoms with E-state index in [1.807, 2.05) is 24.3 Å². The lowest BCUT2D eigenvalue weighted by Crippen LogP contribution is -2.26. The molecule has 1 aromatic heterocycles. The van der Waals surface area contributed by atoms with Crippen LogP contribution in [0, 0.1) is 0 Å². The maximum atomic E-state index is 12.0. The predicted molar refractivity (Wildman–Crippen MR) is 102 cm³/mol. The van der Waals surface area contributed by atoms with Crippen molar-refractivity contribution in [2.24, 2.45) is 0 Å². The van der Waals surface area contributed by atoms with Crippen molar-refractivity contribution >= 4 is 5.91 Å². The summed E-state index contributed by atoms with van der Waals surface area (Å²) in [5.41, 5.74) is 0. The molecular weight excluding hydrogens is 344 g/mol. The third kappa shape index (κ3) is 5.70. The third-order valence-corrected chi connectivity index (χ3v) is 4.73. The van der Waals surface area contributed by atoms with Gasteiger partial charge in [-0.25, -0.2) is 0 Å². The van der Waals surface area contributed by atoms with Crippen LogP contribution < -0.4 is 14.8 Å². The highest BCUT2D eigenvalue weighted by Gasteiger charge is 2.14. The molecule has 0 fully saturated rings. The van der Waals surface area contributed by atoms with E-state index in [1.54, 1.807) is 7.11 Å². The fourth-order valence-corrected chi connectivity index (χ4v) is 3.23. The summed E-state index contributed by atoms with van der Waals surface area (Å²) in [5.74, 6) is 3.69. The Hall–Kier alpha value is -2.57. The highest BCUT2D eigenvalue weighted by atomic mass is 16.5. The second-order valence-corrected chi connectivity index (χ2v) is 6.72. The van der Waals surface area contributed by atoms with Crippen molar-refractivity contribution in [3.05, 3.63) is 35.9 Å². The highest BCUT2D eigenvalue weighted by Crippen LogP contribution is 2.17. The number of carbonyl (C=O) groups excluding carboxylic acids is 1. The third-order valence-electron chi connectivity index (χ3n) is 4.73. The zero-order valence-electron chi connectivity index (χ0n) is 15.9. The van der Waals surface area contributed by atoms with Crippen molar-refractivity contribution in [1.29, 1.82) is 0 Å². The molecule has 0 radical (unpaired) electrons. The quantitative estimate of drug-likeness (QED) is 0.685. The number of fused-ring (bicyclic) bond motifs is 1. The fourth-order valence-electron chi connectivity index (χ4n) is 3.23. The van der Waals surface area contributed by atoms with Crippen LogP contribution >= 0.6 is 0 Å². The molecule has 1 aliphatic rings. The summed E-state index contributed by atoms with van der Waals surface area (Å²) in [4.78, 5) is 12.0. The Bertz CT molecular complexity index is 727. The van der Waals surface area contributed by atoms with Crippen LogP contribution in [0.2, 0.25) is 0 Å². The van der Waals surface area contributed by atoms with Crippen LogP contribution in [0.5, 0.6) is 11.5 Å². The average molecular weight is 372 g/mol. The topological polar surface area (TPSA) is 78.3 Å². The number of benzene rings is 1. The smallest absolute Gasteiger partial charge is 0.220 e. The van der Waals surface area contributed by atoms with E-state index in [-0.39, 0.29) is 5.91 Å². The molecule has 0 saturated carbocycles. The number of aryl methyl sites for hydroxylation is 1. The predicted octanol–water partition coefficient (Wildman–Crippen LogP) is 2.53. The van der Waals surface area contributed by atoms with Gasteiger partial charge in [-0.15, -0.1) is 10.2 Å². The Labute approximate surface area is 160 Å². The molecule has 1 amide bonds. The first-order valence-corrected chi connectivity index (χ1v) is 9.71. The number of ether oxygens (including phenoxy) is 2. The van der Waals surface area contributed by atoms with E-state index < -0.39 is 0 Å². The molecule has 1 N–H and O–H groups in total. The van der Waals surface area contributed by atoms with Crippen LogP contribution in [0.25, 0.3) is 0 Å². The number of amides is 1. The summed E-state index contributed by atoms with van der Waals surface area (Å²) >= 11 is 0. The van der Waals surface area contributed by atoms with E-state index in [0.717, 1.165) is 42.5 Å². The van der Waals surface area contributed by atoms with Gasteiger partial charge >= 0.3 is 0 Å².